The maximum absolute atomic E-state index is 9.02. The molecule has 0 bridgehead atoms. The van der Waals surface area contributed by atoms with Crippen LogP contribution in [0.15, 0.2) is 53.3 Å². The lowest BCUT2D eigenvalue weighted by Gasteiger charge is -2.35. The summed E-state index contributed by atoms with van der Waals surface area (Å²) in [5.74, 6) is 2.42. The molecule has 0 atom stereocenters. The second-order valence-corrected chi connectivity index (χ2v) is 5.74. The summed E-state index contributed by atoms with van der Waals surface area (Å²) in [6.45, 7) is 3.30. The summed E-state index contributed by atoms with van der Waals surface area (Å²) in [6, 6.07) is 13.3. The van der Waals surface area contributed by atoms with Gasteiger partial charge in [-0.3, -0.25) is 0 Å². The van der Waals surface area contributed by atoms with Crippen LogP contribution in [0.2, 0.25) is 0 Å². The fourth-order valence-corrected chi connectivity index (χ4v) is 2.88. The molecular formula is C18H16N6O. The average Bonchev–Trinajstić information content (AvgIpc) is 3.23. The molecule has 4 rings (SSSR count). The Labute approximate surface area is 145 Å². The van der Waals surface area contributed by atoms with E-state index in [2.05, 4.69) is 31.1 Å². The molecule has 3 aromatic heterocycles. The monoisotopic (exact) mass is 332 g/mol. The summed E-state index contributed by atoms with van der Waals surface area (Å²) in [6.07, 6.45) is 3.30. The summed E-state index contributed by atoms with van der Waals surface area (Å²) in [7, 11) is 0. The van der Waals surface area contributed by atoms with E-state index in [-0.39, 0.29) is 0 Å². The zero-order valence-corrected chi connectivity index (χ0v) is 13.5. The standard InChI is InChI=1S/C18H16N6O/c19-13-14-5-6-20-18(12-14)24-9-7-23(8-10-24)17-4-3-15(21-22-17)16-2-1-11-25-16/h1-6,11-12H,7-10H2. The average molecular weight is 332 g/mol. The molecule has 7 nitrogen and oxygen atoms in total. The van der Waals surface area contributed by atoms with Crippen LogP contribution in [0, 0.1) is 11.3 Å². The smallest absolute Gasteiger partial charge is 0.154 e. The van der Waals surface area contributed by atoms with E-state index in [4.69, 9.17) is 9.68 Å². The zero-order chi connectivity index (χ0) is 17.1. The third-order valence-corrected chi connectivity index (χ3v) is 4.23. The fraction of sp³-hybridized carbons (Fsp3) is 0.222. The van der Waals surface area contributed by atoms with Crippen LogP contribution in [-0.4, -0.2) is 41.4 Å². The van der Waals surface area contributed by atoms with Crippen molar-refractivity contribution in [2.45, 2.75) is 0 Å². The van der Waals surface area contributed by atoms with Crippen molar-refractivity contribution < 1.29 is 4.42 Å². The van der Waals surface area contributed by atoms with Gasteiger partial charge in [-0.1, -0.05) is 0 Å². The van der Waals surface area contributed by atoms with Crippen molar-refractivity contribution in [2.24, 2.45) is 0 Å². The second-order valence-electron chi connectivity index (χ2n) is 5.74. The van der Waals surface area contributed by atoms with Crippen LogP contribution >= 0.6 is 0 Å². The number of hydrogen-bond donors (Lipinski definition) is 0. The van der Waals surface area contributed by atoms with Crippen molar-refractivity contribution in [3.05, 3.63) is 54.4 Å². The Morgan fingerprint density at radius 2 is 1.76 bits per heavy atom. The Hall–Kier alpha value is -3.40. The van der Waals surface area contributed by atoms with Crippen LogP contribution in [0.5, 0.6) is 0 Å². The molecule has 4 heterocycles. The predicted molar refractivity (Wildman–Crippen MR) is 93.1 cm³/mol. The second kappa shape index (κ2) is 6.61. The van der Waals surface area contributed by atoms with E-state index in [1.165, 1.54) is 0 Å². The van der Waals surface area contributed by atoms with Gasteiger partial charge < -0.3 is 14.2 Å². The van der Waals surface area contributed by atoms with Crippen LogP contribution in [0.3, 0.4) is 0 Å². The largest absolute Gasteiger partial charge is 0.463 e. The minimum absolute atomic E-state index is 0.631. The van der Waals surface area contributed by atoms with Gasteiger partial charge in [-0.15, -0.1) is 10.2 Å². The van der Waals surface area contributed by atoms with Gasteiger partial charge in [0.05, 0.1) is 17.9 Å². The number of furan rings is 1. The van der Waals surface area contributed by atoms with Gasteiger partial charge >= 0.3 is 0 Å². The van der Waals surface area contributed by atoms with Crippen LogP contribution in [0.1, 0.15) is 5.56 Å². The van der Waals surface area contributed by atoms with Crippen molar-refractivity contribution in [3.8, 4) is 17.5 Å². The van der Waals surface area contributed by atoms with Crippen LogP contribution < -0.4 is 9.80 Å². The SMILES string of the molecule is N#Cc1ccnc(N2CCN(c3ccc(-c4ccco4)nn3)CC2)c1. The quantitative estimate of drug-likeness (QED) is 0.728. The molecule has 0 amide bonds. The van der Waals surface area contributed by atoms with E-state index in [9.17, 15) is 0 Å². The molecule has 1 aliphatic heterocycles. The first-order chi connectivity index (χ1) is 12.3. The molecule has 0 spiro atoms. The third-order valence-electron chi connectivity index (χ3n) is 4.23. The number of nitriles is 1. The fourth-order valence-electron chi connectivity index (χ4n) is 2.88. The number of nitrogens with zero attached hydrogens (tertiary/aromatic N) is 6. The number of hydrogen-bond acceptors (Lipinski definition) is 7. The first-order valence-electron chi connectivity index (χ1n) is 8.07. The summed E-state index contributed by atoms with van der Waals surface area (Å²) in [5.41, 5.74) is 1.36. The summed E-state index contributed by atoms with van der Waals surface area (Å²) in [4.78, 5) is 8.75. The van der Waals surface area contributed by atoms with Gasteiger partial charge in [0.25, 0.3) is 0 Å². The number of piperazine rings is 1. The molecule has 3 aromatic rings. The predicted octanol–water partition coefficient (Wildman–Crippen LogP) is 2.33. The van der Waals surface area contributed by atoms with Crippen molar-refractivity contribution in [1.29, 1.82) is 5.26 Å². The minimum Gasteiger partial charge on any atom is -0.463 e. The molecule has 1 saturated heterocycles. The highest BCUT2D eigenvalue weighted by Gasteiger charge is 2.19. The van der Waals surface area contributed by atoms with Gasteiger partial charge in [0.2, 0.25) is 0 Å². The topological polar surface area (TPSA) is 82.1 Å². The van der Waals surface area contributed by atoms with Crippen molar-refractivity contribution in [1.82, 2.24) is 15.2 Å². The number of rotatable bonds is 3. The molecule has 124 valence electrons. The molecule has 0 aliphatic carbocycles. The zero-order valence-electron chi connectivity index (χ0n) is 13.5. The van der Waals surface area contributed by atoms with Gasteiger partial charge in [0.1, 0.15) is 11.5 Å². The van der Waals surface area contributed by atoms with Crippen LogP contribution in [0.4, 0.5) is 11.6 Å². The molecule has 0 radical (unpaired) electrons. The van der Waals surface area contributed by atoms with Crippen LogP contribution in [-0.2, 0) is 0 Å². The Bertz CT molecular complexity index is 877. The summed E-state index contributed by atoms with van der Waals surface area (Å²) >= 11 is 0. The number of anilines is 2. The Balaban J connectivity index is 1.42. The van der Waals surface area contributed by atoms with E-state index in [0.29, 0.717) is 11.3 Å². The Morgan fingerprint density at radius 3 is 2.40 bits per heavy atom. The van der Waals surface area contributed by atoms with Crippen molar-refractivity contribution in [3.63, 3.8) is 0 Å². The molecule has 0 N–H and O–H groups in total. The van der Waals surface area contributed by atoms with Crippen LogP contribution in [0.25, 0.3) is 11.5 Å². The molecule has 7 heteroatoms. The van der Waals surface area contributed by atoms with E-state index in [1.807, 2.05) is 30.3 Å². The molecule has 0 saturated carbocycles. The lowest BCUT2D eigenvalue weighted by atomic mass is 10.2. The van der Waals surface area contributed by atoms with Gasteiger partial charge in [-0.2, -0.15) is 5.26 Å². The van der Waals surface area contributed by atoms with E-state index < -0.39 is 0 Å². The van der Waals surface area contributed by atoms with Crippen molar-refractivity contribution in [2.75, 3.05) is 36.0 Å². The highest BCUT2D eigenvalue weighted by molar-refractivity contribution is 5.54. The molecule has 25 heavy (non-hydrogen) atoms. The van der Waals surface area contributed by atoms with E-state index >= 15 is 0 Å². The Morgan fingerprint density at radius 1 is 0.960 bits per heavy atom. The van der Waals surface area contributed by atoms with Gasteiger partial charge in [-0.05, 0) is 36.4 Å². The number of pyridine rings is 1. The van der Waals surface area contributed by atoms with Gasteiger partial charge in [-0.25, -0.2) is 4.98 Å². The first kappa shape index (κ1) is 15.1. The molecule has 1 aliphatic rings. The maximum Gasteiger partial charge on any atom is 0.154 e. The van der Waals surface area contributed by atoms with Crippen molar-refractivity contribution >= 4 is 11.6 Å². The van der Waals surface area contributed by atoms with E-state index in [1.54, 1.807) is 18.5 Å². The third kappa shape index (κ3) is 3.15. The number of aromatic nitrogens is 3. The minimum atomic E-state index is 0.631. The normalized spacial score (nSPS) is 14.4. The summed E-state index contributed by atoms with van der Waals surface area (Å²) < 4.78 is 5.33. The molecular weight excluding hydrogens is 316 g/mol. The maximum atomic E-state index is 9.02. The van der Waals surface area contributed by atoms with Gasteiger partial charge in [0.15, 0.2) is 11.6 Å². The molecule has 0 unspecified atom stereocenters. The summed E-state index contributed by atoms with van der Waals surface area (Å²) in [5, 5.41) is 17.6. The lowest BCUT2D eigenvalue weighted by Crippen LogP contribution is -2.47. The highest BCUT2D eigenvalue weighted by Crippen LogP contribution is 2.21. The van der Waals surface area contributed by atoms with E-state index in [0.717, 1.165) is 43.5 Å². The lowest BCUT2D eigenvalue weighted by molar-refractivity contribution is 0.578. The van der Waals surface area contributed by atoms with Gasteiger partial charge in [0, 0.05) is 32.4 Å². The highest BCUT2D eigenvalue weighted by atomic mass is 16.3. The molecule has 0 aromatic carbocycles. The first-order valence-corrected chi connectivity index (χ1v) is 8.07. The molecule has 1 fully saturated rings. The Kier molecular flexibility index (Phi) is 4.01.